The maximum Gasteiger partial charge on any atom is 0.146 e. The quantitative estimate of drug-likeness (QED) is 0.772. The van der Waals surface area contributed by atoms with Crippen LogP contribution in [0, 0.1) is 11.3 Å². The van der Waals surface area contributed by atoms with Crippen LogP contribution >= 0.6 is 0 Å². The van der Waals surface area contributed by atoms with Gasteiger partial charge in [-0.2, -0.15) is 5.26 Å². The van der Waals surface area contributed by atoms with Gasteiger partial charge in [-0.05, 0) is 25.6 Å². The molecule has 4 nitrogen and oxygen atoms in total. The Morgan fingerprint density at radius 1 is 1.53 bits per heavy atom. The molecule has 0 radical (unpaired) electrons. The highest BCUT2D eigenvalue weighted by atomic mass is 15.3. The molecule has 2 rings (SSSR count). The molecule has 1 aliphatic rings. The summed E-state index contributed by atoms with van der Waals surface area (Å²) in [6.07, 6.45) is 2.89. The Kier molecular flexibility index (Phi) is 3.60. The van der Waals surface area contributed by atoms with Crippen LogP contribution in [-0.4, -0.2) is 42.6 Å². The third-order valence-electron chi connectivity index (χ3n) is 3.46. The standard InChI is InChI=1S/C13H18N4/c1-3-12-10-17(8-7-16(12)2)13-11(9-14)5-4-6-15-13/h4-6,12H,3,7-8,10H2,1-2H3. The van der Waals surface area contributed by atoms with Gasteiger partial charge in [-0.15, -0.1) is 0 Å². The van der Waals surface area contributed by atoms with Crippen LogP contribution in [0.15, 0.2) is 18.3 Å². The van der Waals surface area contributed by atoms with E-state index in [1.807, 2.05) is 12.1 Å². The van der Waals surface area contributed by atoms with E-state index in [2.05, 4.69) is 34.8 Å². The molecule has 0 aromatic carbocycles. The Hall–Kier alpha value is -1.60. The molecular formula is C13H18N4. The first-order chi connectivity index (χ1) is 8.26. The molecule has 1 aromatic rings. The van der Waals surface area contributed by atoms with Crippen LogP contribution < -0.4 is 4.90 Å². The number of likely N-dealkylation sites (N-methyl/N-ethyl adjacent to an activating group) is 1. The molecule has 0 saturated carbocycles. The van der Waals surface area contributed by atoms with Gasteiger partial charge < -0.3 is 4.90 Å². The zero-order valence-electron chi connectivity index (χ0n) is 10.4. The van der Waals surface area contributed by atoms with E-state index in [1.54, 1.807) is 6.20 Å². The molecule has 1 saturated heterocycles. The molecule has 0 spiro atoms. The lowest BCUT2D eigenvalue weighted by Gasteiger charge is -2.39. The second-order valence-corrected chi connectivity index (χ2v) is 4.48. The molecular weight excluding hydrogens is 212 g/mol. The molecule has 17 heavy (non-hydrogen) atoms. The number of aromatic nitrogens is 1. The molecule has 1 atom stereocenters. The van der Waals surface area contributed by atoms with Crippen molar-refractivity contribution in [3.8, 4) is 6.07 Å². The number of hydrogen-bond donors (Lipinski definition) is 0. The minimum atomic E-state index is 0.553. The Morgan fingerprint density at radius 3 is 3.06 bits per heavy atom. The molecule has 0 bridgehead atoms. The average Bonchev–Trinajstić information content (AvgIpc) is 2.39. The van der Waals surface area contributed by atoms with Gasteiger partial charge in [0.1, 0.15) is 11.9 Å². The summed E-state index contributed by atoms with van der Waals surface area (Å²) in [5.74, 6) is 0.835. The maximum absolute atomic E-state index is 9.10. The number of anilines is 1. The first-order valence-electron chi connectivity index (χ1n) is 6.06. The zero-order valence-corrected chi connectivity index (χ0v) is 10.4. The number of nitrogens with zero attached hydrogens (tertiary/aromatic N) is 4. The SMILES string of the molecule is CCC1CN(c2ncccc2C#N)CCN1C. The summed E-state index contributed by atoms with van der Waals surface area (Å²) in [6.45, 7) is 5.13. The summed E-state index contributed by atoms with van der Waals surface area (Å²) >= 11 is 0. The maximum atomic E-state index is 9.10. The molecule has 90 valence electrons. The molecule has 1 fully saturated rings. The van der Waals surface area contributed by atoms with Crippen LogP contribution in [0.5, 0.6) is 0 Å². The van der Waals surface area contributed by atoms with Gasteiger partial charge in [-0.1, -0.05) is 6.92 Å². The lowest BCUT2D eigenvalue weighted by molar-refractivity contribution is 0.213. The highest BCUT2D eigenvalue weighted by Gasteiger charge is 2.24. The van der Waals surface area contributed by atoms with Gasteiger partial charge in [0.15, 0.2) is 0 Å². The summed E-state index contributed by atoms with van der Waals surface area (Å²) in [4.78, 5) is 8.96. The topological polar surface area (TPSA) is 43.2 Å². The third-order valence-corrected chi connectivity index (χ3v) is 3.46. The summed E-state index contributed by atoms with van der Waals surface area (Å²) in [5.41, 5.74) is 0.673. The van der Waals surface area contributed by atoms with Gasteiger partial charge in [0, 0.05) is 31.9 Å². The number of nitriles is 1. The largest absolute Gasteiger partial charge is 0.353 e. The molecule has 1 unspecified atom stereocenters. The van der Waals surface area contributed by atoms with Crippen LogP contribution in [0.2, 0.25) is 0 Å². The Balaban J connectivity index is 2.21. The second kappa shape index (κ2) is 5.15. The van der Waals surface area contributed by atoms with E-state index >= 15 is 0 Å². The summed E-state index contributed by atoms with van der Waals surface area (Å²) < 4.78 is 0. The number of pyridine rings is 1. The van der Waals surface area contributed by atoms with Gasteiger partial charge in [-0.25, -0.2) is 4.98 Å². The van der Waals surface area contributed by atoms with Gasteiger partial charge in [0.25, 0.3) is 0 Å². The zero-order chi connectivity index (χ0) is 12.3. The van der Waals surface area contributed by atoms with E-state index in [1.165, 1.54) is 0 Å². The van der Waals surface area contributed by atoms with Crippen LogP contribution in [0.3, 0.4) is 0 Å². The van der Waals surface area contributed by atoms with Crippen molar-refractivity contribution < 1.29 is 0 Å². The lowest BCUT2D eigenvalue weighted by atomic mass is 10.1. The molecule has 1 aromatic heterocycles. The van der Waals surface area contributed by atoms with Gasteiger partial charge >= 0.3 is 0 Å². The third kappa shape index (κ3) is 2.40. The minimum Gasteiger partial charge on any atom is -0.353 e. The minimum absolute atomic E-state index is 0.553. The van der Waals surface area contributed by atoms with Crippen LogP contribution in [0.4, 0.5) is 5.82 Å². The van der Waals surface area contributed by atoms with E-state index < -0.39 is 0 Å². The van der Waals surface area contributed by atoms with Crippen LogP contribution in [-0.2, 0) is 0 Å². The first-order valence-corrected chi connectivity index (χ1v) is 6.06. The van der Waals surface area contributed by atoms with Gasteiger partial charge in [0.05, 0.1) is 5.56 Å². The van der Waals surface area contributed by atoms with E-state index in [-0.39, 0.29) is 0 Å². The predicted molar refractivity (Wildman–Crippen MR) is 67.9 cm³/mol. The summed E-state index contributed by atoms with van der Waals surface area (Å²) in [7, 11) is 2.16. The van der Waals surface area contributed by atoms with Crippen molar-refractivity contribution in [2.45, 2.75) is 19.4 Å². The first kappa shape index (κ1) is 11.9. The van der Waals surface area contributed by atoms with Gasteiger partial charge in [-0.3, -0.25) is 4.90 Å². The number of hydrogen-bond acceptors (Lipinski definition) is 4. The fourth-order valence-electron chi connectivity index (χ4n) is 2.32. The molecule has 0 N–H and O–H groups in total. The monoisotopic (exact) mass is 230 g/mol. The van der Waals surface area contributed by atoms with E-state index in [9.17, 15) is 0 Å². The highest BCUT2D eigenvalue weighted by Crippen LogP contribution is 2.20. The van der Waals surface area contributed by atoms with Crippen LogP contribution in [0.25, 0.3) is 0 Å². The molecule has 4 heteroatoms. The van der Waals surface area contributed by atoms with E-state index in [0.717, 1.165) is 31.9 Å². The van der Waals surface area contributed by atoms with Crippen molar-refractivity contribution in [2.24, 2.45) is 0 Å². The fraction of sp³-hybridized carbons (Fsp3) is 0.538. The Labute approximate surface area is 102 Å². The summed E-state index contributed by atoms with van der Waals surface area (Å²) in [6, 6.07) is 6.42. The van der Waals surface area contributed by atoms with Gasteiger partial charge in [0.2, 0.25) is 0 Å². The lowest BCUT2D eigenvalue weighted by Crippen LogP contribution is -2.51. The van der Waals surface area contributed by atoms with E-state index in [0.29, 0.717) is 11.6 Å². The molecule has 2 heterocycles. The molecule has 0 aliphatic carbocycles. The molecule has 1 aliphatic heterocycles. The molecule has 0 amide bonds. The van der Waals surface area contributed by atoms with Crippen molar-refractivity contribution in [3.05, 3.63) is 23.9 Å². The predicted octanol–water partition coefficient (Wildman–Crippen LogP) is 1.48. The number of piperazine rings is 1. The van der Waals surface area contributed by atoms with Crippen molar-refractivity contribution in [1.82, 2.24) is 9.88 Å². The average molecular weight is 230 g/mol. The van der Waals surface area contributed by atoms with Crippen LogP contribution in [0.1, 0.15) is 18.9 Å². The Morgan fingerprint density at radius 2 is 2.35 bits per heavy atom. The number of rotatable bonds is 2. The van der Waals surface area contributed by atoms with Crippen molar-refractivity contribution in [3.63, 3.8) is 0 Å². The summed E-state index contributed by atoms with van der Waals surface area (Å²) in [5, 5.41) is 9.10. The van der Waals surface area contributed by atoms with Crippen molar-refractivity contribution in [2.75, 3.05) is 31.6 Å². The fourth-order valence-corrected chi connectivity index (χ4v) is 2.32. The van der Waals surface area contributed by atoms with Crippen molar-refractivity contribution in [1.29, 1.82) is 5.26 Å². The highest BCUT2D eigenvalue weighted by molar-refractivity contribution is 5.53. The second-order valence-electron chi connectivity index (χ2n) is 4.48. The smallest absolute Gasteiger partial charge is 0.146 e. The Bertz CT molecular complexity index is 424. The van der Waals surface area contributed by atoms with Crippen molar-refractivity contribution >= 4 is 5.82 Å². The normalized spacial score (nSPS) is 21.2. The van der Waals surface area contributed by atoms with E-state index in [4.69, 9.17) is 5.26 Å².